The van der Waals surface area contributed by atoms with Crippen molar-refractivity contribution in [3.05, 3.63) is 95.0 Å². The molecule has 1 aromatic heterocycles. The number of ketones is 2. The summed E-state index contributed by atoms with van der Waals surface area (Å²) >= 11 is 0. The summed E-state index contributed by atoms with van der Waals surface area (Å²) in [6.07, 6.45) is 3.47. The largest absolute Gasteiger partial charge is 0.457 e. The third-order valence-electron chi connectivity index (χ3n) is 5.74. The summed E-state index contributed by atoms with van der Waals surface area (Å²) in [5, 5.41) is 3.07. The fourth-order valence-corrected chi connectivity index (χ4v) is 4.20. The predicted octanol–water partition coefficient (Wildman–Crippen LogP) is 4.51. The van der Waals surface area contributed by atoms with E-state index in [1.54, 1.807) is 12.3 Å². The number of aromatic amines is 1. The lowest BCUT2D eigenvalue weighted by Crippen LogP contribution is -2.19. The lowest BCUT2D eigenvalue weighted by atomic mass is 9.83. The van der Waals surface area contributed by atoms with Crippen LogP contribution < -0.4 is 10.1 Å². The van der Waals surface area contributed by atoms with E-state index in [1.807, 2.05) is 54.6 Å². The van der Waals surface area contributed by atoms with Crippen molar-refractivity contribution in [3.63, 3.8) is 0 Å². The van der Waals surface area contributed by atoms with E-state index in [9.17, 15) is 9.59 Å². The van der Waals surface area contributed by atoms with E-state index in [0.717, 1.165) is 46.9 Å². The Morgan fingerprint density at radius 3 is 2.30 bits per heavy atom. The van der Waals surface area contributed by atoms with Crippen LogP contribution in [-0.4, -0.2) is 23.1 Å². The molecule has 0 bridgehead atoms. The summed E-state index contributed by atoms with van der Waals surface area (Å²) in [7, 11) is 0. The highest BCUT2D eigenvalue weighted by Gasteiger charge is 2.31. The molecule has 0 unspecified atom stereocenters. The van der Waals surface area contributed by atoms with Gasteiger partial charge in [0.2, 0.25) is 5.78 Å². The molecule has 5 nitrogen and oxygen atoms in total. The van der Waals surface area contributed by atoms with E-state index in [-0.39, 0.29) is 17.5 Å². The first-order valence-electron chi connectivity index (χ1n) is 10.2. The topological polar surface area (TPSA) is 71.2 Å². The van der Waals surface area contributed by atoms with Crippen LogP contribution in [0.3, 0.4) is 0 Å². The standard InChI is InChI=1S/C25H22N2O3/c28-21(12-10-17-9-11-20(27-17)25(29)16-13-14-26-15-16)24-18-5-1-3-7-22(18)30-23-8-4-2-6-19(23)24/h1-9,11,15,24,26-27H,10,12-14H2. The van der Waals surface area contributed by atoms with Gasteiger partial charge in [0.05, 0.1) is 11.6 Å². The van der Waals surface area contributed by atoms with Crippen LogP contribution in [0, 0.1) is 0 Å². The van der Waals surface area contributed by atoms with Gasteiger partial charge in [-0.1, -0.05) is 36.4 Å². The zero-order valence-corrected chi connectivity index (χ0v) is 16.5. The van der Waals surface area contributed by atoms with Crippen LogP contribution >= 0.6 is 0 Å². The van der Waals surface area contributed by atoms with Crippen molar-refractivity contribution in [1.82, 2.24) is 10.3 Å². The molecule has 0 saturated heterocycles. The number of fused-ring (bicyclic) bond motifs is 2. The van der Waals surface area contributed by atoms with Crippen LogP contribution in [0.5, 0.6) is 11.5 Å². The lowest BCUT2D eigenvalue weighted by Gasteiger charge is -2.27. The van der Waals surface area contributed by atoms with Crippen molar-refractivity contribution in [2.75, 3.05) is 6.54 Å². The van der Waals surface area contributed by atoms with Crippen LogP contribution in [-0.2, 0) is 11.2 Å². The number of H-pyrrole nitrogens is 1. The molecule has 3 heterocycles. The zero-order valence-electron chi connectivity index (χ0n) is 16.5. The quantitative estimate of drug-likeness (QED) is 0.599. The van der Waals surface area contributed by atoms with Gasteiger partial charge in [-0.25, -0.2) is 0 Å². The number of rotatable bonds is 6. The molecular formula is C25H22N2O3. The van der Waals surface area contributed by atoms with Crippen molar-refractivity contribution in [2.45, 2.75) is 25.2 Å². The van der Waals surface area contributed by atoms with Gasteiger partial charge in [-0.3, -0.25) is 9.59 Å². The van der Waals surface area contributed by atoms with E-state index in [2.05, 4.69) is 10.3 Å². The molecule has 0 atom stereocenters. The van der Waals surface area contributed by atoms with E-state index >= 15 is 0 Å². The molecule has 0 spiro atoms. The van der Waals surface area contributed by atoms with Gasteiger partial charge in [0.25, 0.3) is 0 Å². The summed E-state index contributed by atoms with van der Waals surface area (Å²) in [5.74, 6) is 1.30. The number of carbonyl (C=O) groups is 2. The molecule has 0 aliphatic carbocycles. The molecule has 5 rings (SSSR count). The molecule has 30 heavy (non-hydrogen) atoms. The highest BCUT2D eigenvalue weighted by atomic mass is 16.5. The Balaban J connectivity index is 1.34. The molecule has 2 aliphatic heterocycles. The monoisotopic (exact) mass is 398 g/mol. The highest BCUT2D eigenvalue weighted by Crippen LogP contribution is 2.44. The summed E-state index contributed by atoms with van der Waals surface area (Å²) < 4.78 is 5.99. The number of aromatic nitrogens is 1. The number of Topliss-reactive ketones (excluding diaryl/α,β-unsaturated/α-hetero) is 2. The SMILES string of the molecule is O=C(C1=CNCC1)c1ccc(CCC(=O)C2c3ccccc3Oc3ccccc32)[nH]1. The average molecular weight is 398 g/mol. The van der Waals surface area contributed by atoms with Gasteiger partial charge < -0.3 is 15.0 Å². The summed E-state index contributed by atoms with van der Waals surface area (Å²) in [4.78, 5) is 29.0. The molecule has 2 aliphatic rings. The highest BCUT2D eigenvalue weighted by molar-refractivity contribution is 6.07. The van der Waals surface area contributed by atoms with E-state index in [1.165, 1.54) is 0 Å². The number of ether oxygens (including phenoxy) is 1. The molecule has 2 N–H and O–H groups in total. The normalized spacial score (nSPS) is 14.9. The van der Waals surface area contributed by atoms with Gasteiger partial charge in [-0.15, -0.1) is 0 Å². The van der Waals surface area contributed by atoms with Crippen molar-refractivity contribution in [1.29, 1.82) is 0 Å². The van der Waals surface area contributed by atoms with Gasteiger partial charge >= 0.3 is 0 Å². The number of hydrogen-bond acceptors (Lipinski definition) is 4. The maximum Gasteiger partial charge on any atom is 0.206 e. The molecule has 3 aromatic rings. The number of carbonyl (C=O) groups excluding carboxylic acids is 2. The Morgan fingerprint density at radius 2 is 1.63 bits per heavy atom. The lowest BCUT2D eigenvalue weighted by molar-refractivity contribution is -0.119. The molecule has 5 heteroatoms. The first kappa shape index (κ1) is 18.4. The van der Waals surface area contributed by atoms with E-state index in [0.29, 0.717) is 18.5 Å². The molecule has 0 amide bonds. The van der Waals surface area contributed by atoms with E-state index in [4.69, 9.17) is 4.74 Å². The Labute approximate surface area is 174 Å². The second-order valence-corrected chi connectivity index (χ2v) is 7.68. The third-order valence-corrected chi connectivity index (χ3v) is 5.74. The number of nitrogens with one attached hydrogen (secondary N) is 2. The maximum atomic E-state index is 13.3. The molecule has 0 saturated carbocycles. The summed E-state index contributed by atoms with van der Waals surface area (Å²) in [5.41, 5.74) is 4.07. The summed E-state index contributed by atoms with van der Waals surface area (Å²) in [6, 6.07) is 19.1. The van der Waals surface area contributed by atoms with Gasteiger partial charge in [-0.05, 0) is 37.1 Å². The Morgan fingerprint density at radius 1 is 0.933 bits per heavy atom. The van der Waals surface area contributed by atoms with Gasteiger partial charge in [0.1, 0.15) is 17.3 Å². The zero-order chi connectivity index (χ0) is 20.5. The molecule has 2 aromatic carbocycles. The second kappa shape index (κ2) is 7.67. The van der Waals surface area contributed by atoms with Crippen molar-refractivity contribution < 1.29 is 14.3 Å². The molecule has 150 valence electrons. The maximum absolute atomic E-state index is 13.3. The predicted molar refractivity (Wildman–Crippen MR) is 114 cm³/mol. The van der Waals surface area contributed by atoms with E-state index < -0.39 is 0 Å². The minimum absolute atomic E-state index is 0.0184. The fraction of sp³-hybridized carbons (Fsp3) is 0.200. The third kappa shape index (κ3) is 3.32. The molecular weight excluding hydrogens is 376 g/mol. The van der Waals surface area contributed by atoms with Crippen LogP contribution in [0.25, 0.3) is 0 Å². The van der Waals surface area contributed by atoms with Gasteiger partial charge in [0, 0.05) is 41.6 Å². The molecule has 0 radical (unpaired) electrons. The minimum Gasteiger partial charge on any atom is -0.457 e. The molecule has 0 fully saturated rings. The number of hydrogen-bond donors (Lipinski definition) is 2. The van der Waals surface area contributed by atoms with Crippen LogP contribution in [0.4, 0.5) is 0 Å². The fourth-order valence-electron chi connectivity index (χ4n) is 4.20. The summed E-state index contributed by atoms with van der Waals surface area (Å²) in [6.45, 7) is 0.803. The van der Waals surface area contributed by atoms with Gasteiger partial charge in [-0.2, -0.15) is 0 Å². The number of para-hydroxylation sites is 2. The number of benzene rings is 2. The van der Waals surface area contributed by atoms with Crippen molar-refractivity contribution in [2.24, 2.45) is 0 Å². The van der Waals surface area contributed by atoms with Crippen molar-refractivity contribution in [3.8, 4) is 11.5 Å². The minimum atomic E-state index is -0.336. The smallest absolute Gasteiger partial charge is 0.206 e. The van der Waals surface area contributed by atoms with Gasteiger partial charge in [0.15, 0.2) is 0 Å². The first-order chi connectivity index (χ1) is 14.7. The van der Waals surface area contributed by atoms with Crippen LogP contribution in [0.1, 0.15) is 46.1 Å². The van der Waals surface area contributed by atoms with Crippen LogP contribution in [0.2, 0.25) is 0 Å². The Kier molecular flexibility index (Phi) is 4.71. The van der Waals surface area contributed by atoms with Crippen LogP contribution in [0.15, 0.2) is 72.4 Å². The number of aryl methyl sites for hydroxylation is 1. The Hall–Kier alpha value is -3.60. The Bertz CT molecular complexity index is 1110. The second-order valence-electron chi connectivity index (χ2n) is 7.68. The van der Waals surface area contributed by atoms with Crippen molar-refractivity contribution >= 4 is 11.6 Å². The average Bonchev–Trinajstić information content (AvgIpc) is 3.48. The first-order valence-corrected chi connectivity index (χ1v) is 10.2.